The summed E-state index contributed by atoms with van der Waals surface area (Å²) < 4.78 is 62.2. The van der Waals surface area contributed by atoms with Gasteiger partial charge in [0, 0.05) is 18.6 Å². The van der Waals surface area contributed by atoms with Gasteiger partial charge in [0.25, 0.3) is 6.43 Å². The summed E-state index contributed by atoms with van der Waals surface area (Å²) in [6.45, 7) is 0.793. The Labute approximate surface area is 91.2 Å². The van der Waals surface area contributed by atoms with Crippen LogP contribution in [-0.4, -0.2) is 9.91 Å². The normalized spacial score (nSPS) is 11.9. The number of nitrogens with zero attached hydrogens (tertiary/aromatic N) is 2. The molecule has 0 unspecified atom stereocenters. The van der Waals surface area contributed by atoms with Crippen LogP contribution in [0.25, 0.3) is 0 Å². The number of aryl methyl sites for hydroxylation is 1. The summed E-state index contributed by atoms with van der Waals surface area (Å²) in [7, 11) is 0. The maximum Gasteiger partial charge on any atom is 0.420 e. The molecule has 1 rings (SSSR count). The zero-order valence-corrected chi connectivity index (χ0v) is 8.26. The van der Waals surface area contributed by atoms with E-state index in [9.17, 15) is 32.1 Å². The van der Waals surface area contributed by atoms with Crippen LogP contribution in [0.4, 0.5) is 27.8 Å². The average molecular weight is 256 g/mol. The summed E-state index contributed by atoms with van der Waals surface area (Å²) in [6, 6.07) is 0.139. The summed E-state index contributed by atoms with van der Waals surface area (Å²) in [5.41, 5.74) is -3.91. The number of alkyl halides is 5. The maximum atomic E-state index is 12.5. The predicted octanol–water partition coefficient (Wildman–Crippen LogP) is 3.25. The van der Waals surface area contributed by atoms with Gasteiger partial charge in [-0.1, -0.05) is 0 Å². The van der Waals surface area contributed by atoms with Crippen molar-refractivity contribution in [1.29, 1.82) is 0 Å². The van der Waals surface area contributed by atoms with Crippen LogP contribution in [0.1, 0.15) is 23.2 Å². The lowest BCUT2D eigenvalue weighted by molar-refractivity contribution is -0.389. The van der Waals surface area contributed by atoms with E-state index in [0.29, 0.717) is 0 Å². The standard InChI is InChI=1S/C8H5F5N2O2/c1-3-6(8(11,12)13)4(7(9)10)2-5(14-3)15(16)17/h2,7H,1H3. The van der Waals surface area contributed by atoms with Gasteiger partial charge in [0.15, 0.2) is 5.69 Å². The molecular weight excluding hydrogens is 251 g/mol. The molecule has 0 aliphatic rings. The molecule has 0 N–H and O–H groups in total. The Morgan fingerprint density at radius 2 is 1.94 bits per heavy atom. The summed E-state index contributed by atoms with van der Waals surface area (Å²) in [5, 5.41) is 10.3. The van der Waals surface area contributed by atoms with Gasteiger partial charge in [-0.15, -0.1) is 0 Å². The average Bonchev–Trinajstić information content (AvgIpc) is 2.13. The van der Waals surface area contributed by atoms with Crippen molar-refractivity contribution in [3.8, 4) is 0 Å². The number of pyridine rings is 1. The minimum Gasteiger partial charge on any atom is -0.358 e. The SMILES string of the molecule is Cc1nc([N+](=O)[O-])cc(C(F)F)c1C(F)(F)F. The van der Waals surface area contributed by atoms with E-state index in [0.717, 1.165) is 6.92 Å². The molecule has 17 heavy (non-hydrogen) atoms. The highest BCUT2D eigenvalue weighted by Gasteiger charge is 2.41. The van der Waals surface area contributed by atoms with Gasteiger partial charge in [-0.05, 0) is 9.91 Å². The van der Waals surface area contributed by atoms with Crippen molar-refractivity contribution in [2.75, 3.05) is 0 Å². The number of hydrogen-bond acceptors (Lipinski definition) is 3. The van der Waals surface area contributed by atoms with E-state index in [2.05, 4.69) is 4.98 Å². The van der Waals surface area contributed by atoms with Crippen molar-refractivity contribution in [1.82, 2.24) is 4.98 Å². The number of hydrogen-bond donors (Lipinski definition) is 0. The van der Waals surface area contributed by atoms with Crippen molar-refractivity contribution in [2.45, 2.75) is 19.5 Å². The van der Waals surface area contributed by atoms with Crippen molar-refractivity contribution < 1.29 is 26.9 Å². The van der Waals surface area contributed by atoms with Crippen LogP contribution in [-0.2, 0) is 6.18 Å². The first-order valence-electron chi connectivity index (χ1n) is 4.16. The smallest absolute Gasteiger partial charge is 0.358 e. The van der Waals surface area contributed by atoms with Crippen LogP contribution in [0.3, 0.4) is 0 Å². The minimum absolute atomic E-state index is 0.139. The zero-order valence-electron chi connectivity index (χ0n) is 8.26. The van der Waals surface area contributed by atoms with E-state index < -0.39 is 40.2 Å². The van der Waals surface area contributed by atoms with Crippen LogP contribution >= 0.6 is 0 Å². The highest BCUT2D eigenvalue weighted by Crippen LogP contribution is 2.39. The first-order valence-corrected chi connectivity index (χ1v) is 4.16. The molecule has 0 aliphatic heterocycles. The molecule has 0 amide bonds. The van der Waals surface area contributed by atoms with Crippen LogP contribution in [0.2, 0.25) is 0 Å². The molecule has 0 radical (unpaired) electrons. The van der Waals surface area contributed by atoms with Gasteiger partial charge in [0.05, 0.1) is 0 Å². The van der Waals surface area contributed by atoms with Crippen molar-refractivity contribution >= 4 is 5.82 Å². The Morgan fingerprint density at radius 1 is 1.41 bits per heavy atom. The van der Waals surface area contributed by atoms with Gasteiger partial charge >= 0.3 is 12.0 Å². The second kappa shape index (κ2) is 4.22. The Kier molecular flexibility index (Phi) is 3.30. The fraction of sp³-hybridized carbons (Fsp3) is 0.375. The van der Waals surface area contributed by atoms with Gasteiger partial charge < -0.3 is 10.1 Å². The molecule has 0 saturated heterocycles. The van der Waals surface area contributed by atoms with Gasteiger partial charge in [-0.3, -0.25) is 0 Å². The zero-order chi connectivity index (χ0) is 13.4. The quantitative estimate of drug-likeness (QED) is 0.463. The molecule has 9 heteroatoms. The maximum absolute atomic E-state index is 12.5. The Hall–Kier alpha value is -1.80. The molecule has 1 aromatic heterocycles. The first-order chi connectivity index (χ1) is 7.64. The third-order valence-corrected chi connectivity index (χ3v) is 1.92. The van der Waals surface area contributed by atoms with Crippen LogP contribution in [0, 0.1) is 17.0 Å². The molecule has 0 spiro atoms. The van der Waals surface area contributed by atoms with Crippen molar-refractivity contribution in [3.63, 3.8) is 0 Å². The molecule has 0 atom stereocenters. The topological polar surface area (TPSA) is 56.0 Å². The highest BCUT2D eigenvalue weighted by molar-refractivity contribution is 5.40. The lowest BCUT2D eigenvalue weighted by Crippen LogP contribution is -2.14. The Bertz CT molecular complexity index is 458. The van der Waals surface area contributed by atoms with Crippen LogP contribution in [0.15, 0.2) is 6.07 Å². The fourth-order valence-corrected chi connectivity index (χ4v) is 1.31. The minimum atomic E-state index is -5.03. The molecule has 0 bridgehead atoms. The van der Waals surface area contributed by atoms with E-state index in [4.69, 9.17) is 0 Å². The summed E-state index contributed by atoms with van der Waals surface area (Å²) in [6.07, 6.45) is -8.50. The third-order valence-electron chi connectivity index (χ3n) is 1.92. The van der Waals surface area contributed by atoms with Crippen molar-refractivity contribution in [2.24, 2.45) is 0 Å². The van der Waals surface area contributed by atoms with Gasteiger partial charge in [-0.2, -0.15) is 13.2 Å². The van der Waals surface area contributed by atoms with Gasteiger partial charge in [-0.25, -0.2) is 8.78 Å². The molecule has 1 heterocycles. The lowest BCUT2D eigenvalue weighted by atomic mass is 10.1. The molecule has 0 saturated carbocycles. The monoisotopic (exact) mass is 256 g/mol. The Balaban J connectivity index is 3.55. The van der Waals surface area contributed by atoms with Crippen molar-refractivity contribution in [3.05, 3.63) is 33.0 Å². The number of nitro groups is 1. The summed E-state index contributed by atoms with van der Waals surface area (Å²) in [4.78, 5) is 12.2. The van der Waals surface area contributed by atoms with E-state index in [1.807, 2.05) is 0 Å². The third kappa shape index (κ3) is 2.66. The lowest BCUT2D eigenvalue weighted by Gasteiger charge is -2.12. The van der Waals surface area contributed by atoms with Crippen LogP contribution in [0.5, 0.6) is 0 Å². The summed E-state index contributed by atoms with van der Waals surface area (Å²) in [5.74, 6) is -1.04. The molecule has 0 aromatic carbocycles. The van der Waals surface area contributed by atoms with Gasteiger partial charge in [0.2, 0.25) is 0 Å². The van der Waals surface area contributed by atoms with E-state index in [-0.39, 0.29) is 6.07 Å². The van der Waals surface area contributed by atoms with E-state index in [1.54, 1.807) is 0 Å². The first kappa shape index (κ1) is 13.3. The molecule has 94 valence electrons. The van der Waals surface area contributed by atoms with E-state index in [1.165, 1.54) is 0 Å². The molecular formula is C8H5F5N2O2. The second-order valence-corrected chi connectivity index (χ2v) is 3.09. The Morgan fingerprint density at radius 3 is 2.29 bits per heavy atom. The largest absolute Gasteiger partial charge is 0.420 e. The van der Waals surface area contributed by atoms with E-state index >= 15 is 0 Å². The number of halogens is 5. The molecule has 0 fully saturated rings. The second-order valence-electron chi connectivity index (χ2n) is 3.09. The molecule has 1 aromatic rings. The fourth-order valence-electron chi connectivity index (χ4n) is 1.31. The number of aromatic nitrogens is 1. The predicted molar refractivity (Wildman–Crippen MR) is 45.6 cm³/mol. The summed E-state index contributed by atoms with van der Waals surface area (Å²) >= 11 is 0. The molecule has 4 nitrogen and oxygen atoms in total. The highest BCUT2D eigenvalue weighted by atomic mass is 19.4. The molecule has 0 aliphatic carbocycles. The number of rotatable bonds is 2. The van der Waals surface area contributed by atoms with Gasteiger partial charge in [0.1, 0.15) is 5.56 Å². The van der Waals surface area contributed by atoms with Crippen LogP contribution < -0.4 is 0 Å².